The van der Waals surface area contributed by atoms with Gasteiger partial charge in [0.25, 0.3) is 0 Å². The number of ketones is 1. The zero-order chi connectivity index (χ0) is 14.5. The van der Waals surface area contributed by atoms with Crippen molar-refractivity contribution in [3.05, 3.63) is 12.2 Å². The van der Waals surface area contributed by atoms with Gasteiger partial charge < -0.3 is 9.47 Å². The highest BCUT2D eigenvalue weighted by atomic mass is 16.6. The van der Waals surface area contributed by atoms with Gasteiger partial charge in [-0.05, 0) is 39.0 Å². The van der Waals surface area contributed by atoms with E-state index in [1.165, 1.54) is 0 Å². The van der Waals surface area contributed by atoms with Gasteiger partial charge in [0.05, 0.1) is 24.9 Å². The van der Waals surface area contributed by atoms with Gasteiger partial charge in [0.2, 0.25) is 0 Å². The van der Waals surface area contributed by atoms with Crippen LogP contribution in [0.5, 0.6) is 0 Å². The van der Waals surface area contributed by atoms with E-state index in [2.05, 4.69) is 6.58 Å². The van der Waals surface area contributed by atoms with E-state index in [0.29, 0.717) is 24.4 Å². The molecule has 20 heavy (non-hydrogen) atoms. The lowest BCUT2D eigenvalue weighted by molar-refractivity contribution is -0.148. The molecule has 2 fully saturated rings. The molecular weight excluding hydrogens is 252 g/mol. The highest BCUT2D eigenvalue weighted by Gasteiger charge is 2.37. The van der Waals surface area contributed by atoms with Gasteiger partial charge in [0.15, 0.2) is 0 Å². The molecule has 0 aromatic rings. The maximum atomic E-state index is 12.0. The summed E-state index contributed by atoms with van der Waals surface area (Å²) in [5, 5.41) is 0. The summed E-state index contributed by atoms with van der Waals surface area (Å²) in [5.41, 5.74) is 1.09. The lowest BCUT2D eigenvalue weighted by atomic mass is 9.94. The molecule has 2 saturated heterocycles. The second-order valence-corrected chi connectivity index (χ2v) is 6.50. The van der Waals surface area contributed by atoms with Crippen LogP contribution in [0.2, 0.25) is 0 Å². The SMILES string of the molecule is C=C(C)CCC(=O)C(C)CCCC1OCC2CCC1O2. The maximum Gasteiger partial charge on any atom is 0.136 e. The van der Waals surface area contributed by atoms with Gasteiger partial charge in [-0.1, -0.05) is 18.9 Å². The lowest BCUT2D eigenvalue weighted by Gasteiger charge is -2.30. The molecule has 3 heteroatoms. The summed E-state index contributed by atoms with van der Waals surface area (Å²) in [7, 11) is 0. The van der Waals surface area contributed by atoms with Crippen molar-refractivity contribution in [2.45, 2.75) is 77.1 Å². The smallest absolute Gasteiger partial charge is 0.136 e. The van der Waals surface area contributed by atoms with Gasteiger partial charge in [0, 0.05) is 12.3 Å². The summed E-state index contributed by atoms with van der Waals surface area (Å²) >= 11 is 0. The molecule has 0 aliphatic carbocycles. The van der Waals surface area contributed by atoms with Gasteiger partial charge in [-0.2, -0.15) is 0 Å². The van der Waals surface area contributed by atoms with Gasteiger partial charge >= 0.3 is 0 Å². The number of ether oxygens (including phenoxy) is 2. The van der Waals surface area contributed by atoms with Crippen LogP contribution in [-0.4, -0.2) is 30.7 Å². The molecule has 2 aliphatic rings. The topological polar surface area (TPSA) is 35.5 Å². The Hall–Kier alpha value is -0.670. The Balaban J connectivity index is 1.62. The van der Waals surface area contributed by atoms with Crippen LogP contribution >= 0.6 is 0 Å². The number of fused-ring (bicyclic) bond motifs is 2. The number of allylic oxidation sites excluding steroid dienone is 1. The molecule has 2 heterocycles. The summed E-state index contributed by atoms with van der Waals surface area (Å²) in [4.78, 5) is 12.0. The molecule has 0 aromatic carbocycles. The largest absolute Gasteiger partial charge is 0.373 e. The van der Waals surface area contributed by atoms with Crippen molar-refractivity contribution in [2.24, 2.45) is 5.92 Å². The number of Topliss-reactive ketones (excluding diaryl/α,β-unsaturated/α-hetero) is 1. The summed E-state index contributed by atoms with van der Waals surface area (Å²) in [6, 6.07) is 0. The Bertz CT molecular complexity index is 350. The van der Waals surface area contributed by atoms with Gasteiger partial charge in [-0.3, -0.25) is 4.79 Å². The number of carbonyl (C=O) groups excluding carboxylic acids is 1. The van der Waals surface area contributed by atoms with Gasteiger partial charge in [0.1, 0.15) is 5.78 Å². The Morgan fingerprint density at radius 3 is 2.90 bits per heavy atom. The van der Waals surface area contributed by atoms with Crippen LogP contribution in [0.25, 0.3) is 0 Å². The molecule has 2 rings (SSSR count). The quantitative estimate of drug-likeness (QED) is 0.636. The zero-order valence-electron chi connectivity index (χ0n) is 12.9. The lowest BCUT2D eigenvalue weighted by Crippen LogP contribution is -2.37. The van der Waals surface area contributed by atoms with E-state index in [0.717, 1.165) is 50.7 Å². The number of hydrogen-bond donors (Lipinski definition) is 0. The van der Waals surface area contributed by atoms with E-state index in [4.69, 9.17) is 9.47 Å². The van der Waals surface area contributed by atoms with Crippen LogP contribution in [0.3, 0.4) is 0 Å². The van der Waals surface area contributed by atoms with E-state index < -0.39 is 0 Å². The fourth-order valence-corrected chi connectivity index (χ4v) is 3.11. The Morgan fingerprint density at radius 2 is 2.15 bits per heavy atom. The highest BCUT2D eigenvalue weighted by molar-refractivity contribution is 5.80. The van der Waals surface area contributed by atoms with Crippen molar-refractivity contribution in [3.8, 4) is 0 Å². The first-order chi connectivity index (χ1) is 9.56. The molecule has 2 aliphatic heterocycles. The average Bonchev–Trinajstić information content (AvgIpc) is 2.81. The minimum absolute atomic E-state index is 0.162. The fraction of sp³-hybridized carbons (Fsp3) is 0.824. The standard InChI is InChI=1S/C17H28O3/c1-12(2)7-9-15(18)13(3)5-4-6-16-17-10-8-14(20-17)11-19-16/h13-14,16-17H,1,4-11H2,2-3H3. The number of carbonyl (C=O) groups is 1. The van der Waals surface area contributed by atoms with Crippen LogP contribution in [0.1, 0.15) is 58.8 Å². The van der Waals surface area contributed by atoms with E-state index in [-0.39, 0.29) is 12.0 Å². The molecule has 0 N–H and O–H groups in total. The minimum Gasteiger partial charge on any atom is -0.373 e. The second kappa shape index (κ2) is 7.37. The van der Waals surface area contributed by atoms with Crippen molar-refractivity contribution in [3.63, 3.8) is 0 Å². The van der Waals surface area contributed by atoms with Crippen LogP contribution in [0.4, 0.5) is 0 Å². The zero-order valence-corrected chi connectivity index (χ0v) is 12.9. The summed E-state index contributed by atoms with van der Waals surface area (Å²) in [6.07, 6.45) is 7.71. The molecule has 0 amide bonds. The third-order valence-corrected chi connectivity index (χ3v) is 4.52. The molecule has 3 nitrogen and oxygen atoms in total. The first kappa shape index (κ1) is 15.7. The van der Waals surface area contributed by atoms with Gasteiger partial charge in [-0.25, -0.2) is 0 Å². The van der Waals surface area contributed by atoms with Crippen molar-refractivity contribution in [1.29, 1.82) is 0 Å². The summed E-state index contributed by atoms with van der Waals surface area (Å²) in [6.45, 7) is 8.63. The maximum absolute atomic E-state index is 12.0. The minimum atomic E-state index is 0.162. The third kappa shape index (κ3) is 4.42. The Kier molecular flexibility index (Phi) is 5.79. The van der Waals surface area contributed by atoms with E-state index in [1.54, 1.807) is 0 Å². The molecule has 4 unspecified atom stereocenters. The van der Waals surface area contributed by atoms with Gasteiger partial charge in [-0.15, -0.1) is 6.58 Å². The van der Waals surface area contributed by atoms with Crippen molar-refractivity contribution >= 4 is 5.78 Å². The summed E-state index contributed by atoms with van der Waals surface area (Å²) < 4.78 is 11.7. The third-order valence-electron chi connectivity index (χ3n) is 4.52. The molecule has 114 valence electrons. The van der Waals surface area contributed by atoms with E-state index in [9.17, 15) is 4.79 Å². The second-order valence-electron chi connectivity index (χ2n) is 6.50. The van der Waals surface area contributed by atoms with Crippen LogP contribution in [0, 0.1) is 5.92 Å². The Morgan fingerprint density at radius 1 is 1.35 bits per heavy atom. The van der Waals surface area contributed by atoms with Crippen molar-refractivity contribution < 1.29 is 14.3 Å². The predicted molar refractivity (Wildman–Crippen MR) is 79.7 cm³/mol. The number of rotatable bonds is 8. The Labute approximate surface area is 122 Å². The summed E-state index contributed by atoms with van der Waals surface area (Å²) in [5.74, 6) is 0.532. The first-order valence-corrected chi connectivity index (χ1v) is 8.00. The monoisotopic (exact) mass is 280 g/mol. The van der Waals surface area contributed by atoms with E-state index in [1.807, 2.05) is 13.8 Å². The highest BCUT2D eigenvalue weighted by Crippen LogP contribution is 2.31. The predicted octanol–water partition coefficient (Wildman–Crippen LogP) is 3.66. The fourth-order valence-electron chi connectivity index (χ4n) is 3.11. The van der Waals surface area contributed by atoms with Crippen LogP contribution in [0.15, 0.2) is 12.2 Å². The molecule has 2 bridgehead atoms. The van der Waals surface area contributed by atoms with E-state index >= 15 is 0 Å². The number of hydrogen-bond acceptors (Lipinski definition) is 3. The van der Waals surface area contributed by atoms with Crippen molar-refractivity contribution in [1.82, 2.24) is 0 Å². The first-order valence-electron chi connectivity index (χ1n) is 8.00. The molecule has 0 saturated carbocycles. The molecule has 4 atom stereocenters. The van der Waals surface area contributed by atoms with Crippen LogP contribution < -0.4 is 0 Å². The molecule has 0 radical (unpaired) electrons. The molecule has 0 spiro atoms. The molecular formula is C17H28O3. The average molecular weight is 280 g/mol. The normalized spacial score (nSPS) is 30.2. The van der Waals surface area contributed by atoms with Crippen LogP contribution in [-0.2, 0) is 14.3 Å². The van der Waals surface area contributed by atoms with Crippen molar-refractivity contribution in [2.75, 3.05) is 6.61 Å². The molecule has 0 aromatic heterocycles.